The van der Waals surface area contributed by atoms with Crippen LogP contribution in [-0.4, -0.2) is 15.1 Å². The monoisotopic (exact) mass is 224 g/mol. The third-order valence-electron chi connectivity index (χ3n) is 2.05. The summed E-state index contributed by atoms with van der Waals surface area (Å²) in [6.07, 6.45) is 2.52. The molecule has 1 unspecified atom stereocenters. The Morgan fingerprint density at radius 1 is 1.60 bits per heavy atom. The van der Waals surface area contributed by atoms with Crippen molar-refractivity contribution in [2.45, 2.75) is 26.3 Å². The van der Waals surface area contributed by atoms with Crippen molar-refractivity contribution in [3.05, 3.63) is 17.0 Å². The molecule has 2 rings (SSSR count). The number of hydrogen-bond donors (Lipinski definition) is 1. The molecule has 15 heavy (non-hydrogen) atoms. The van der Waals surface area contributed by atoms with Crippen molar-refractivity contribution in [2.75, 3.05) is 0 Å². The van der Waals surface area contributed by atoms with Crippen LogP contribution in [0.1, 0.15) is 30.2 Å². The van der Waals surface area contributed by atoms with E-state index < -0.39 is 0 Å². The first-order chi connectivity index (χ1) is 7.20. The van der Waals surface area contributed by atoms with Crippen LogP contribution in [0.25, 0.3) is 10.8 Å². The quantitative estimate of drug-likeness (QED) is 0.861. The molecule has 2 aromatic heterocycles. The predicted molar refractivity (Wildman–Crippen MR) is 57.4 cm³/mol. The van der Waals surface area contributed by atoms with Crippen molar-refractivity contribution < 1.29 is 4.52 Å². The summed E-state index contributed by atoms with van der Waals surface area (Å²) in [6.45, 7) is 3.92. The topological polar surface area (TPSA) is 77.8 Å². The van der Waals surface area contributed by atoms with Crippen LogP contribution < -0.4 is 5.73 Å². The van der Waals surface area contributed by atoms with Gasteiger partial charge in [0.25, 0.3) is 5.89 Å². The highest BCUT2D eigenvalue weighted by Gasteiger charge is 2.14. The fourth-order valence-corrected chi connectivity index (χ4v) is 1.83. The molecular weight excluding hydrogens is 212 g/mol. The van der Waals surface area contributed by atoms with Crippen molar-refractivity contribution in [1.82, 2.24) is 15.1 Å². The van der Waals surface area contributed by atoms with Crippen LogP contribution in [0.5, 0.6) is 0 Å². The first kappa shape index (κ1) is 10.3. The average Bonchev–Trinajstić information content (AvgIpc) is 2.84. The Morgan fingerprint density at radius 3 is 3.00 bits per heavy atom. The van der Waals surface area contributed by atoms with Crippen LogP contribution in [-0.2, 0) is 0 Å². The van der Waals surface area contributed by atoms with Crippen LogP contribution in [0.15, 0.2) is 10.7 Å². The fourth-order valence-electron chi connectivity index (χ4n) is 1.13. The summed E-state index contributed by atoms with van der Waals surface area (Å²) in [6, 6.07) is -0.156. The number of nitrogens with two attached hydrogens (primary N) is 1. The molecule has 0 aliphatic heterocycles. The van der Waals surface area contributed by atoms with E-state index in [2.05, 4.69) is 15.1 Å². The first-order valence-corrected chi connectivity index (χ1v) is 5.54. The van der Waals surface area contributed by atoms with Gasteiger partial charge in [0.15, 0.2) is 5.82 Å². The van der Waals surface area contributed by atoms with Crippen LogP contribution in [0.4, 0.5) is 0 Å². The van der Waals surface area contributed by atoms with Gasteiger partial charge in [-0.05, 0) is 13.3 Å². The zero-order valence-corrected chi connectivity index (χ0v) is 9.41. The van der Waals surface area contributed by atoms with Crippen molar-refractivity contribution in [3.8, 4) is 10.8 Å². The second-order valence-electron chi connectivity index (χ2n) is 3.22. The number of hydrogen-bond acceptors (Lipinski definition) is 6. The minimum Gasteiger partial charge on any atom is -0.333 e. The summed E-state index contributed by atoms with van der Waals surface area (Å²) in [7, 11) is 0. The second-order valence-corrected chi connectivity index (χ2v) is 4.45. The van der Waals surface area contributed by atoms with E-state index in [0.29, 0.717) is 11.7 Å². The van der Waals surface area contributed by atoms with E-state index in [1.54, 1.807) is 6.20 Å². The molecule has 0 aromatic carbocycles. The SMILES string of the molecule is CCC(N)c1noc(-c2cnc(C)s2)n1. The Morgan fingerprint density at radius 2 is 2.40 bits per heavy atom. The second kappa shape index (κ2) is 4.08. The lowest BCUT2D eigenvalue weighted by atomic mass is 10.2. The molecule has 2 N–H and O–H groups in total. The third kappa shape index (κ3) is 2.05. The lowest BCUT2D eigenvalue weighted by Crippen LogP contribution is -2.10. The standard InChI is InChI=1S/C9H12N4OS/c1-3-6(10)8-12-9(14-13-8)7-4-11-5(2)15-7/h4,6H,3,10H2,1-2H3. The molecule has 0 aliphatic carbocycles. The number of thiazole rings is 1. The highest BCUT2D eigenvalue weighted by atomic mass is 32.1. The summed E-state index contributed by atoms with van der Waals surface area (Å²) in [4.78, 5) is 9.24. The number of aryl methyl sites for hydroxylation is 1. The van der Waals surface area contributed by atoms with Gasteiger partial charge in [0, 0.05) is 0 Å². The minimum atomic E-state index is -0.156. The van der Waals surface area contributed by atoms with Crippen LogP contribution in [0.3, 0.4) is 0 Å². The third-order valence-corrected chi connectivity index (χ3v) is 2.95. The first-order valence-electron chi connectivity index (χ1n) is 4.72. The van der Waals surface area contributed by atoms with E-state index in [9.17, 15) is 0 Å². The lowest BCUT2D eigenvalue weighted by Gasteiger charge is -1.98. The Bertz CT molecular complexity index is 450. The molecule has 0 fully saturated rings. The molecule has 0 spiro atoms. The summed E-state index contributed by atoms with van der Waals surface area (Å²) >= 11 is 1.53. The van der Waals surface area contributed by atoms with Crippen molar-refractivity contribution in [3.63, 3.8) is 0 Å². The molecule has 0 saturated heterocycles. The molecular formula is C9H12N4OS. The molecule has 5 nitrogen and oxygen atoms in total. The predicted octanol–water partition coefficient (Wildman–Crippen LogP) is 1.91. The van der Waals surface area contributed by atoms with Gasteiger partial charge in [-0.15, -0.1) is 11.3 Å². The molecule has 2 heterocycles. The van der Waals surface area contributed by atoms with Gasteiger partial charge < -0.3 is 10.3 Å². The number of nitrogens with zero attached hydrogens (tertiary/aromatic N) is 3. The average molecular weight is 224 g/mol. The van der Waals surface area contributed by atoms with Crippen LogP contribution in [0.2, 0.25) is 0 Å². The molecule has 0 aliphatic rings. The van der Waals surface area contributed by atoms with Gasteiger partial charge >= 0.3 is 0 Å². The molecule has 0 saturated carbocycles. The Labute approximate surface area is 91.3 Å². The van der Waals surface area contributed by atoms with Gasteiger partial charge in [-0.2, -0.15) is 4.98 Å². The van der Waals surface area contributed by atoms with Crippen LogP contribution >= 0.6 is 11.3 Å². The number of aromatic nitrogens is 3. The van der Waals surface area contributed by atoms with Gasteiger partial charge in [-0.25, -0.2) is 4.98 Å². The Balaban J connectivity index is 2.27. The summed E-state index contributed by atoms with van der Waals surface area (Å²) < 4.78 is 5.12. The van der Waals surface area contributed by atoms with Gasteiger partial charge in [-0.1, -0.05) is 12.1 Å². The van der Waals surface area contributed by atoms with E-state index in [1.165, 1.54) is 11.3 Å². The molecule has 0 radical (unpaired) electrons. The normalized spacial score (nSPS) is 13.0. The summed E-state index contributed by atoms with van der Waals surface area (Å²) in [5.41, 5.74) is 5.79. The highest BCUT2D eigenvalue weighted by Crippen LogP contribution is 2.24. The fraction of sp³-hybridized carbons (Fsp3) is 0.444. The molecule has 2 aromatic rings. The molecule has 6 heteroatoms. The van der Waals surface area contributed by atoms with Crippen LogP contribution in [0, 0.1) is 6.92 Å². The number of rotatable bonds is 3. The maximum absolute atomic E-state index is 5.79. The van der Waals surface area contributed by atoms with Gasteiger partial charge in [0.1, 0.15) is 4.88 Å². The van der Waals surface area contributed by atoms with Gasteiger partial charge in [0.05, 0.1) is 17.2 Å². The van der Waals surface area contributed by atoms with Crippen molar-refractivity contribution in [2.24, 2.45) is 5.73 Å². The maximum Gasteiger partial charge on any atom is 0.269 e. The summed E-state index contributed by atoms with van der Waals surface area (Å²) in [5.74, 6) is 1.05. The van der Waals surface area contributed by atoms with Crippen molar-refractivity contribution >= 4 is 11.3 Å². The van der Waals surface area contributed by atoms with E-state index in [-0.39, 0.29) is 6.04 Å². The largest absolute Gasteiger partial charge is 0.333 e. The Kier molecular flexibility index (Phi) is 2.79. The minimum absolute atomic E-state index is 0.156. The van der Waals surface area contributed by atoms with Gasteiger partial charge in [-0.3, -0.25) is 0 Å². The van der Waals surface area contributed by atoms with E-state index in [1.807, 2.05) is 13.8 Å². The zero-order chi connectivity index (χ0) is 10.8. The summed E-state index contributed by atoms with van der Waals surface area (Å²) in [5, 5.41) is 4.82. The van der Waals surface area contributed by atoms with Crippen molar-refractivity contribution in [1.29, 1.82) is 0 Å². The highest BCUT2D eigenvalue weighted by molar-refractivity contribution is 7.14. The Hall–Kier alpha value is -1.27. The molecule has 0 amide bonds. The molecule has 80 valence electrons. The molecule has 0 bridgehead atoms. The lowest BCUT2D eigenvalue weighted by molar-refractivity contribution is 0.415. The molecule has 1 atom stereocenters. The smallest absolute Gasteiger partial charge is 0.269 e. The van der Waals surface area contributed by atoms with Gasteiger partial charge in [0.2, 0.25) is 0 Å². The maximum atomic E-state index is 5.79. The van der Waals surface area contributed by atoms with E-state index in [0.717, 1.165) is 16.3 Å². The zero-order valence-electron chi connectivity index (χ0n) is 8.60. The van der Waals surface area contributed by atoms with E-state index >= 15 is 0 Å². The van der Waals surface area contributed by atoms with E-state index in [4.69, 9.17) is 10.3 Å².